The number of esters is 1. The van der Waals surface area contributed by atoms with Gasteiger partial charge >= 0.3 is 12.0 Å². The van der Waals surface area contributed by atoms with Crippen LogP contribution in [0.1, 0.15) is 57.1 Å². The topological polar surface area (TPSA) is 97.2 Å². The second-order valence-electron chi connectivity index (χ2n) is 7.55. The molecule has 2 unspecified atom stereocenters. The summed E-state index contributed by atoms with van der Waals surface area (Å²) in [5, 5.41) is 12.4. The van der Waals surface area contributed by atoms with Gasteiger partial charge in [0.2, 0.25) is 0 Å². The lowest BCUT2D eigenvalue weighted by Gasteiger charge is -2.31. The van der Waals surface area contributed by atoms with Crippen molar-refractivity contribution in [3.63, 3.8) is 0 Å². The van der Waals surface area contributed by atoms with Crippen molar-refractivity contribution >= 4 is 17.7 Å². The highest BCUT2D eigenvalue weighted by Gasteiger charge is 2.40. The van der Waals surface area contributed by atoms with Gasteiger partial charge in [0.15, 0.2) is 17.3 Å². The smallest absolute Gasteiger partial charge is 0.341 e. The maximum Gasteiger partial charge on any atom is 0.341 e. The number of methoxy groups -OCH3 is 1. The Hall–Kier alpha value is -2.64. The molecule has 8 heteroatoms. The summed E-state index contributed by atoms with van der Waals surface area (Å²) in [7, 11) is 1.30. The van der Waals surface area contributed by atoms with Crippen LogP contribution in [-0.4, -0.2) is 36.5 Å². The van der Waals surface area contributed by atoms with E-state index in [1.807, 2.05) is 0 Å². The van der Waals surface area contributed by atoms with Crippen molar-refractivity contribution in [2.75, 3.05) is 13.7 Å². The molecule has 1 aromatic rings. The number of hydrogen-bond acceptors (Lipinski definition) is 5. The van der Waals surface area contributed by atoms with E-state index in [0.29, 0.717) is 30.2 Å². The number of aliphatic imine (C=N–C) groups is 1. The molecule has 29 heavy (non-hydrogen) atoms. The molecule has 0 radical (unpaired) electrons. The average Bonchev–Trinajstić information content (AvgIpc) is 2.73. The molecule has 0 spiro atoms. The van der Waals surface area contributed by atoms with E-state index >= 15 is 0 Å². The Morgan fingerprint density at radius 2 is 2.03 bits per heavy atom. The molecular weight excluding hydrogens is 379 g/mol. The Balaban J connectivity index is 1.87. The zero-order chi connectivity index (χ0) is 21.0. The van der Waals surface area contributed by atoms with Gasteiger partial charge in [-0.3, -0.25) is 4.79 Å². The van der Waals surface area contributed by atoms with Crippen LogP contribution < -0.4 is 10.1 Å². The van der Waals surface area contributed by atoms with Gasteiger partial charge in [-0.15, -0.1) is 0 Å². The molecule has 1 aliphatic carbocycles. The van der Waals surface area contributed by atoms with E-state index in [2.05, 4.69) is 10.3 Å². The molecule has 2 aliphatic rings. The summed E-state index contributed by atoms with van der Waals surface area (Å²) >= 11 is 0. The molecule has 1 aliphatic heterocycles. The molecule has 2 amide bonds. The second-order valence-corrected chi connectivity index (χ2v) is 7.55. The third kappa shape index (κ3) is 4.68. The van der Waals surface area contributed by atoms with E-state index in [9.17, 15) is 19.1 Å². The number of hydrogen-bond donors (Lipinski definition) is 2. The number of urea groups is 1. The number of phenols is 1. The van der Waals surface area contributed by atoms with Crippen molar-refractivity contribution in [1.29, 1.82) is 0 Å². The lowest BCUT2D eigenvalue weighted by Crippen LogP contribution is -2.45. The Labute approximate surface area is 169 Å². The zero-order valence-electron chi connectivity index (χ0n) is 16.7. The maximum atomic E-state index is 14.2. The van der Waals surface area contributed by atoms with E-state index in [1.54, 1.807) is 6.92 Å². The highest BCUT2D eigenvalue weighted by molar-refractivity contribution is 6.09. The van der Waals surface area contributed by atoms with Crippen molar-refractivity contribution in [1.82, 2.24) is 5.32 Å². The standard InChI is InChI=1S/C21H27FN2O5/c1-3-15-17(20(26)29-11-12-7-5-4-6-8-12)18(24-21(27)23-15)13-9-14(22)19(25)16(10-13)28-2/h9-10,12,17-18,25H,3-8,11H2,1-2H3,(H,24,27). The fourth-order valence-corrected chi connectivity index (χ4v) is 4.06. The largest absolute Gasteiger partial charge is 0.502 e. The SMILES string of the molecule is CCC1=NC(=O)NC(c2cc(F)c(O)c(OC)c2)C1C(=O)OCC1CCCCC1. The fraction of sp³-hybridized carbons (Fsp3) is 0.571. The van der Waals surface area contributed by atoms with E-state index in [0.717, 1.165) is 31.7 Å². The number of aromatic hydroxyl groups is 1. The van der Waals surface area contributed by atoms with Crippen molar-refractivity contribution < 1.29 is 28.6 Å². The number of phenolic OH excluding ortho intramolecular Hbond substituents is 1. The molecule has 158 valence electrons. The highest BCUT2D eigenvalue weighted by Crippen LogP contribution is 2.36. The Kier molecular flexibility index (Phi) is 6.71. The molecule has 0 bridgehead atoms. The van der Waals surface area contributed by atoms with Gasteiger partial charge in [0.05, 0.1) is 19.8 Å². The number of carbonyl (C=O) groups excluding carboxylic acids is 2. The number of amides is 2. The minimum absolute atomic E-state index is 0.0795. The molecule has 1 heterocycles. The minimum atomic E-state index is -0.900. The Morgan fingerprint density at radius 1 is 1.31 bits per heavy atom. The van der Waals surface area contributed by atoms with Gasteiger partial charge < -0.3 is 19.9 Å². The summed E-state index contributed by atoms with van der Waals surface area (Å²) in [6, 6.07) is 1.03. The van der Waals surface area contributed by atoms with Gasteiger partial charge in [-0.25, -0.2) is 14.2 Å². The molecule has 2 N–H and O–H groups in total. The predicted octanol–water partition coefficient (Wildman–Crippen LogP) is 3.89. The van der Waals surface area contributed by atoms with Crippen molar-refractivity contribution in [3.8, 4) is 11.5 Å². The molecule has 0 saturated heterocycles. The molecule has 7 nitrogen and oxygen atoms in total. The first-order valence-electron chi connectivity index (χ1n) is 10.1. The van der Waals surface area contributed by atoms with Crippen molar-refractivity contribution in [3.05, 3.63) is 23.5 Å². The summed E-state index contributed by atoms with van der Waals surface area (Å²) in [6.07, 6.45) is 5.93. The molecule has 0 aromatic heterocycles. The van der Waals surface area contributed by atoms with E-state index in [1.165, 1.54) is 19.6 Å². The maximum absolute atomic E-state index is 14.2. The third-order valence-electron chi connectivity index (χ3n) is 5.65. The monoisotopic (exact) mass is 406 g/mol. The van der Waals surface area contributed by atoms with Gasteiger partial charge in [-0.2, -0.15) is 0 Å². The van der Waals surface area contributed by atoms with Gasteiger partial charge in [0.25, 0.3) is 0 Å². The van der Waals surface area contributed by atoms with E-state index in [-0.39, 0.29) is 5.75 Å². The van der Waals surface area contributed by atoms with Crippen LogP contribution in [-0.2, 0) is 9.53 Å². The summed E-state index contributed by atoms with van der Waals surface area (Å²) in [5.41, 5.74) is 0.686. The van der Waals surface area contributed by atoms with Crippen LogP contribution in [0.3, 0.4) is 0 Å². The predicted molar refractivity (Wildman–Crippen MR) is 105 cm³/mol. The minimum Gasteiger partial charge on any atom is -0.502 e. The zero-order valence-corrected chi connectivity index (χ0v) is 16.7. The van der Waals surface area contributed by atoms with Gasteiger partial charge in [-0.1, -0.05) is 26.2 Å². The number of ether oxygens (including phenoxy) is 2. The quantitative estimate of drug-likeness (QED) is 0.699. The van der Waals surface area contributed by atoms with Crippen molar-refractivity contribution in [2.45, 2.75) is 51.5 Å². The fourth-order valence-electron chi connectivity index (χ4n) is 4.06. The number of nitrogens with one attached hydrogen (secondary N) is 1. The number of nitrogens with zero attached hydrogens (tertiary/aromatic N) is 1. The molecule has 1 fully saturated rings. The van der Waals surface area contributed by atoms with Crippen LogP contribution in [0.5, 0.6) is 11.5 Å². The van der Waals surface area contributed by atoms with Crippen molar-refractivity contribution in [2.24, 2.45) is 16.8 Å². The Bertz CT molecular complexity index is 805. The lowest BCUT2D eigenvalue weighted by molar-refractivity contribution is -0.148. The lowest BCUT2D eigenvalue weighted by atomic mass is 9.86. The van der Waals surface area contributed by atoms with Crippen LogP contribution in [0.2, 0.25) is 0 Å². The number of halogens is 1. The van der Waals surface area contributed by atoms with Crippen LogP contribution in [0.4, 0.5) is 9.18 Å². The number of benzene rings is 1. The summed E-state index contributed by atoms with van der Waals surface area (Å²) in [6.45, 7) is 2.13. The summed E-state index contributed by atoms with van der Waals surface area (Å²) in [4.78, 5) is 29.0. The van der Waals surface area contributed by atoms with Crippen LogP contribution in [0.25, 0.3) is 0 Å². The highest BCUT2D eigenvalue weighted by atomic mass is 19.1. The van der Waals surface area contributed by atoms with E-state index < -0.39 is 35.5 Å². The number of carbonyl (C=O) groups is 2. The van der Waals surface area contributed by atoms with Crippen LogP contribution in [0, 0.1) is 17.7 Å². The molecule has 3 rings (SSSR count). The summed E-state index contributed by atoms with van der Waals surface area (Å²) in [5.74, 6) is -2.62. The van der Waals surface area contributed by atoms with Gasteiger partial charge in [-0.05, 0) is 42.9 Å². The Morgan fingerprint density at radius 3 is 2.69 bits per heavy atom. The first kappa shape index (κ1) is 21.1. The van der Waals surface area contributed by atoms with Crippen LogP contribution >= 0.6 is 0 Å². The molecule has 1 saturated carbocycles. The van der Waals surface area contributed by atoms with Crippen LogP contribution in [0.15, 0.2) is 17.1 Å². The number of rotatable bonds is 6. The summed E-state index contributed by atoms with van der Waals surface area (Å²) < 4.78 is 24.8. The first-order valence-corrected chi connectivity index (χ1v) is 10.1. The van der Waals surface area contributed by atoms with Gasteiger partial charge in [0.1, 0.15) is 5.92 Å². The molecule has 1 aromatic carbocycles. The normalized spacial score (nSPS) is 22.6. The third-order valence-corrected chi connectivity index (χ3v) is 5.65. The average molecular weight is 406 g/mol. The molecule has 2 atom stereocenters. The second kappa shape index (κ2) is 9.24. The van der Waals surface area contributed by atoms with E-state index in [4.69, 9.17) is 9.47 Å². The molecular formula is C21H27FN2O5. The van der Waals surface area contributed by atoms with Gasteiger partial charge in [0, 0.05) is 5.71 Å². The first-order chi connectivity index (χ1) is 13.9.